The predicted octanol–water partition coefficient (Wildman–Crippen LogP) is 1.87. The average Bonchev–Trinajstić information content (AvgIpc) is 2.91. The molecule has 2 aromatic carbocycles. The molecule has 0 unspecified atom stereocenters. The summed E-state index contributed by atoms with van der Waals surface area (Å²) < 4.78 is 12.4. The largest absolute Gasteiger partial charge is 0.497 e. The van der Waals surface area contributed by atoms with Crippen molar-refractivity contribution >= 4 is 11.9 Å². The van der Waals surface area contributed by atoms with Crippen LogP contribution in [0.5, 0.6) is 5.75 Å². The summed E-state index contributed by atoms with van der Waals surface area (Å²) in [6, 6.07) is 15.6. The third-order valence-electron chi connectivity index (χ3n) is 6.07. The Bertz CT molecular complexity index is 1360. The molecule has 0 N–H and O–H groups in total. The lowest BCUT2D eigenvalue weighted by Crippen LogP contribution is -2.49. The molecule has 0 spiro atoms. The third-order valence-corrected chi connectivity index (χ3v) is 6.07. The lowest BCUT2D eigenvalue weighted by atomic mass is 9.98. The van der Waals surface area contributed by atoms with Gasteiger partial charge in [-0.15, -0.1) is 0 Å². The highest BCUT2D eigenvalue weighted by atomic mass is 16.5. The molecule has 1 fully saturated rings. The van der Waals surface area contributed by atoms with Gasteiger partial charge in [0.25, 0.3) is 11.5 Å². The van der Waals surface area contributed by atoms with Crippen LogP contribution in [0.4, 0.5) is 0 Å². The van der Waals surface area contributed by atoms with E-state index in [9.17, 15) is 19.2 Å². The number of likely N-dealkylation sites (tertiary alicyclic amines) is 1. The van der Waals surface area contributed by atoms with Gasteiger partial charge in [-0.05, 0) is 37.5 Å². The zero-order valence-electron chi connectivity index (χ0n) is 20.3. The molecule has 1 aromatic heterocycles. The highest BCUT2D eigenvalue weighted by molar-refractivity contribution is 5.92. The second kappa shape index (κ2) is 11.0. The Morgan fingerprint density at radius 2 is 1.86 bits per heavy atom. The predicted molar refractivity (Wildman–Crippen MR) is 131 cm³/mol. The second-order valence-electron chi connectivity index (χ2n) is 8.46. The van der Waals surface area contributed by atoms with Crippen LogP contribution in [-0.2, 0) is 16.1 Å². The number of amides is 1. The summed E-state index contributed by atoms with van der Waals surface area (Å²) in [7, 11) is 1.50. The van der Waals surface area contributed by atoms with Crippen molar-refractivity contribution in [1.82, 2.24) is 19.2 Å². The highest BCUT2D eigenvalue weighted by Crippen LogP contribution is 2.19. The van der Waals surface area contributed by atoms with Gasteiger partial charge in [0.2, 0.25) is 5.69 Å². The molecular formula is C26H28N4O6. The lowest BCUT2D eigenvalue weighted by Gasteiger charge is -2.31. The quantitative estimate of drug-likeness (QED) is 0.463. The van der Waals surface area contributed by atoms with Gasteiger partial charge in [0.15, 0.2) is 0 Å². The Morgan fingerprint density at radius 1 is 1.08 bits per heavy atom. The molecule has 0 aliphatic carbocycles. The number of hydrogen-bond acceptors (Lipinski definition) is 7. The van der Waals surface area contributed by atoms with Gasteiger partial charge in [-0.25, -0.2) is 4.79 Å². The topological polar surface area (TPSA) is 113 Å². The van der Waals surface area contributed by atoms with Crippen molar-refractivity contribution in [1.29, 1.82) is 0 Å². The number of benzene rings is 2. The van der Waals surface area contributed by atoms with Crippen LogP contribution in [0.3, 0.4) is 0 Å². The summed E-state index contributed by atoms with van der Waals surface area (Å²) in [5.41, 5.74) is -0.794. The minimum Gasteiger partial charge on any atom is -0.497 e. The van der Waals surface area contributed by atoms with E-state index in [2.05, 4.69) is 5.10 Å². The number of carbonyl (C=O) groups is 2. The second-order valence-corrected chi connectivity index (χ2v) is 8.46. The summed E-state index contributed by atoms with van der Waals surface area (Å²) in [5.74, 6) is -0.986. The Balaban J connectivity index is 1.79. The molecule has 1 aliphatic heterocycles. The van der Waals surface area contributed by atoms with E-state index < -0.39 is 28.8 Å². The van der Waals surface area contributed by atoms with Gasteiger partial charge < -0.3 is 14.4 Å². The van der Waals surface area contributed by atoms with E-state index >= 15 is 0 Å². The lowest BCUT2D eigenvalue weighted by molar-refractivity contribution is -0.149. The zero-order valence-corrected chi connectivity index (χ0v) is 20.3. The van der Waals surface area contributed by atoms with Gasteiger partial charge >= 0.3 is 11.7 Å². The fourth-order valence-electron chi connectivity index (χ4n) is 4.23. The molecule has 1 saturated heterocycles. The number of ether oxygens (including phenoxy) is 2. The number of methoxy groups -OCH3 is 1. The summed E-state index contributed by atoms with van der Waals surface area (Å²) >= 11 is 0. The van der Waals surface area contributed by atoms with Crippen LogP contribution < -0.4 is 16.0 Å². The first-order valence-corrected chi connectivity index (χ1v) is 11.8. The van der Waals surface area contributed by atoms with E-state index in [0.29, 0.717) is 30.8 Å². The number of piperidine rings is 1. The summed E-state index contributed by atoms with van der Waals surface area (Å²) in [5, 5.41) is 4.21. The SMILES string of the molecule is CCOC(=O)[C@H]1CCCN(C(=O)c2nn(-c3cccc(OC)c3)c(=O)n(Cc3ccccc3)c2=O)C1. The number of aromatic nitrogens is 3. The van der Waals surface area contributed by atoms with Crippen LogP contribution in [0.25, 0.3) is 5.69 Å². The molecule has 0 radical (unpaired) electrons. The normalized spacial score (nSPS) is 15.4. The monoisotopic (exact) mass is 492 g/mol. The molecule has 188 valence electrons. The molecule has 3 aromatic rings. The smallest absolute Gasteiger partial charge is 0.352 e. The van der Waals surface area contributed by atoms with E-state index in [1.165, 1.54) is 12.0 Å². The molecule has 10 heteroatoms. The number of hydrogen-bond donors (Lipinski definition) is 0. The number of esters is 1. The minimum absolute atomic E-state index is 0.0310. The molecule has 2 heterocycles. The number of nitrogens with zero attached hydrogens (tertiary/aromatic N) is 4. The summed E-state index contributed by atoms with van der Waals surface area (Å²) in [6.07, 6.45) is 1.18. The van der Waals surface area contributed by atoms with Gasteiger partial charge in [-0.2, -0.15) is 9.78 Å². The van der Waals surface area contributed by atoms with Crippen LogP contribution in [0.2, 0.25) is 0 Å². The van der Waals surface area contributed by atoms with Crippen molar-refractivity contribution in [2.75, 3.05) is 26.8 Å². The Labute approximate surface area is 207 Å². The van der Waals surface area contributed by atoms with Crippen LogP contribution in [0, 0.1) is 5.92 Å². The third kappa shape index (κ3) is 5.22. The summed E-state index contributed by atoms with van der Waals surface area (Å²) in [4.78, 5) is 54.1. The molecule has 4 rings (SSSR count). The zero-order chi connectivity index (χ0) is 25.7. The molecule has 10 nitrogen and oxygen atoms in total. The highest BCUT2D eigenvalue weighted by Gasteiger charge is 2.32. The Hall–Kier alpha value is -4.21. The van der Waals surface area contributed by atoms with Crippen molar-refractivity contribution in [3.05, 3.63) is 86.7 Å². The van der Waals surface area contributed by atoms with E-state index in [1.807, 2.05) is 6.07 Å². The number of rotatable bonds is 7. The average molecular weight is 493 g/mol. The maximum atomic E-state index is 13.5. The Kier molecular flexibility index (Phi) is 7.62. The van der Waals surface area contributed by atoms with Crippen molar-refractivity contribution in [3.63, 3.8) is 0 Å². The molecular weight excluding hydrogens is 464 g/mol. The minimum atomic E-state index is -0.786. The van der Waals surface area contributed by atoms with E-state index in [0.717, 1.165) is 14.8 Å². The Morgan fingerprint density at radius 3 is 2.58 bits per heavy atom. The van der Waals surface area contributed by atoms with Gasteiger partial charge in [0, 0.05) is 19.2 Å². The molecule has 1 aliphatic rings. The standard InChI is InChI=1S/C26H28N4O6/c1-3-36-25(33)19-11-8-14-28(17-19)23(31)22-24(32)29(16-18-9-5-4-6-10-18)26(34)30(27-22)20-12-7-13-21(15-20)35-2/h4-7,9-10,12-13,15,19H,3,8,11,14,16-17H2,1-2H3/t19-/m0/s1. The molecule has 0 saturated carbocycles. The fraction of sp³-hybridized carbons (Fsp3) is 0.346. The molecule has 1 amide bonds. The van der Waals surface area contributed by atoms with Crippen LogP contribution in [-0.4, -0.2) is 57.9 Å². The molecule has 0 bridgehead atoms. The first kappa shape index (κ1) is 24.9. The van der Waals surface area contributed by atoms with Crippen molar-refractivity contribution in [2.24, 2.45) is 5.92 Å². The molecule has 36 heavy (non-hydrogen) atoms. The maximum Gasteiger partial charge on any atom is 0.352 e. The van der Waals surface area contributed by atoms with Gasteiger partial charge in [-0.1, -0.05) is 36.4 Å². The van der Waals surface area contributed by atoms with Crippen molar-refractivity contribution < 1.29 is 19.1 Å². The van der Waals surface area contributed by atoms with Crippen LogP contribution in [0.15, 0.2) is 64.2 Å². The van der Waals surface area contributed by atoms with Gasteiger partial charge in [0.1, 0.15) is 5.75 Å². The molecule has 1 atom stereocenters. The first-order chi connectivity index (χ1) is 17.4. The van der Waals surface area contributed by atoms with Crippen LogP contribution >= 0.6 is 0 Å². The van der Waals surface area contributed by atoms with Crippen molar-refractivity contribution in [2.45, 2.75) is 26.3 Å². The van der Waals surface area contributed by atoms with Gasteiger partial charge in [0.05, 0.1) is 31.9 Å². The van der Waals surface area contributed by atoms with Crippen molar-refractivity contribution in [3.8, 4) is 11.4 Å². The number of carbonyl (C=O) groups excluding carboxylic acids is 2. The maximum absolute atomic E-state index is 13.5. The van der Waals surface area contributed by atoms with E-state index in [4.69, 9.17) is 9.47 Å². The summed E-state index contributed by atoms with van der Waals surface area (Å²) in [6.45, 7) is 2.43. The van der Waals surface area contributed by atoms with E-state index in [1.54, 1.807) is 55.5 Å². The van der Waals surface area contributed by atoms with Gasteiger partial charge in [-0.3, -0.25) is 19.0 Å². The fourth-order valence-corrected chi connectivity index (χ4v) is 4.23. The first-order valence-electron chi connectivity index (χ1n) is 11.8. The van der Waals surface area contributed by atoms with Crippen LogP contribution in [0.1, 0.15) is 35.8 Å². The van der Waals surface area contributed by atoms with E-state index in [-0.39, 0.29) is 25.7 Å².